The van der Waals surface area contributed by atoms with Crippen LogP contribution in [0, 0.1) is 5.92 Å². The first-order valence-corrected chi connectivity index (χ1v) is 6.52. The predicted molar refractivity (Wildman–Crippen MR) is 74.0 cm³/mol. The van der Waals surface area contributed by atoms with Gasteiger partial charge >= 0.3 is 0 Å². The zero-order valence-electron chi connectivity index (χ0n) is 11.1. The van der Waals surface area contributed by atoms with Gasteiger partial charge in [-0.05, 0) is 49.6 Å². The number of ether oxygens (including phenoxy) is 1. The molecule has 2 unspecified atom stereocenters. The number of benzene rings is 1. The first-order chi connectivity index (χ1) is 8.08. The fourth-order valence-corrected chi connectivity index (χ4v) is 2.15. The molecule has 0 amide bonds. The fraction of sp³-hybridized carbons (Fsp3) is 0.571. The van der Waals surface area contributed by atoms with Gasteiger partial charge in [-0.2, -0.15) is 0 Å². The summed E-state index contributed by atoms with van der Waals surface area (Å²) in [4.78, 5) is 0. The van der Waals surface area contributed by atoms with Gasteiger partial charge in [0, 0.05) is 11.1 Å². The lowest BCUT2D eigenvalue weighted by Gasteiger charge is -2.21. The minimum Gasteiger partial charge on any atom is -0.496 e. The normalized spacial score (nSPS) is 14.4. The van der Waals surface area contributed by atoms with E-state index in [0.29, 0.717) is 12.0 Å². The third-order valence-electron chi connectivity index (χ3n) is 3.16. The maximum atomic E-state index is 6.03. The lowest BCUT2D eigenvalue weighted by molar-refractivity contribution is 0.383. The number of rotatable bonds is 6. The van der Waals surface area contributed by atoms with E-state index >= 15 is 0 Å². The third-order valence-corrected chi connectivity index (χ3v) is 3.40. The molecule has 1 rings (SSSR count). The lowest BCUT2D eigenvalue weighted by atomic mass is 9.94. The average Bonchev–Trinajstić information content (AvgIpc) is 2.29. The molecular formula is C14H22ClNO. The first kappa shape index (κ1) is 14.3. The van der Waals surface area contributed by atoms with E-state index in [-0.39, 0.29) is 0 Å². The molecule has 0 bridgehead atoms. The summed E-state index contributed by atoms with van der Waals surface area (Å²) in [5, 5.41) is 4.21. The largest absolute Gasteiger partial charge is 0.496 e. The molecule has 1 N–H and O–H groups in total. The van der Waals surface area contributed by atoms with Gasteiger partial charge in [-0.25, -0.2) is 0 Å². The Morgan fingerprint density at radius 2 is 2.06 bits per heavy atom. The van der Waals surface area contributed by atoms with Crippen molar-refractivity contribution in [3.8, 4) is 5.75 Å². The van der Waals surface area contributed by atoms with Crippen molar-refractivity contribution in [2.75, 3.05) is 13.7 Å². The van der Waals surface area contributed by atoms with E-state index in [0.717, 1.165) is 23.7 Å². The Bertz CT molecular complexity index is 354. The second-order valence-corrected chi connectivity index (χ2v) is 4.92. The highest BCUT2D eigenvalue weighted by Gasteiger charge is 2.14. The molecule has 0 saturated carbocycles. The van der Waals surface area contributed by atoms with Crippen molar-refractivity contribution in [2.24, 2.45) is 5.92 Å². The van der Waals surface area contributed by atoms with Crippen molar-refractivity contribution in [1.82, 2.24) is 5.32 Å². The van der Waals surface area contributed by atoms with Crippen LogP contribution in [0.4, 0.5) is 0 Å². The molecule has 0 aliphatic rings. The van der Waals surface area contributed by atoms with E-state index in [1.807, 2.05) is 18.2 Å². The molecule has 0 fully saturated rings. The zero-order valence-corrected chi connectivity index (χ0v) is 11.8. The Morgan fingerprint density at radius 1 is 1.35 bits per heavy atom. The summed E-state index contributed by atoms with van der Waals surface area (Å²) >= 11 is 6.03. The molecule has 2 atom stereocenters. The van der Waals surface area contributed by atoms with Crippen LogP contribution in [0.1, 0.15) is 26.3 Å². The maximum Gasteiger partial charge on any atom is 0.122 e. The standard InChI is InChI=1S/C14H22ClNO/c1-5-16-11(3)10(2)8-12-9-13(15)6-7-14(12)17-4/h6-7,9-11,16H,5,8H2,1-4H3. The van der Waals surface area contributed by atoms with Crippen LogP contribution < -0.4 is 10.1 Å². The molecule has 0 spiro atoms. The van der Waals surface area contributed by atoms with E-state index in [1.54, 1.807) is 7.11 Å². The van der Waals surface area contributed by atoms with E-state index in [1.165, 1.54) is 5.56 Å². The Hall–Kier alpha value is -0.730. The number of methoxy groups -OCH3 is 1. The summed E-state index contributed by atoms with van der Waals surface area (Å²) in [6.07, 6.45) is 0.970. The predicted octanol–water partition coefficient (Wildman–Crippen LogP) is 3.53. The molecule has 0 saturated heterocycles. The molecule has 0 heterocycles. The van der Waals surface area contributed by atoms with Gasteiger partial charge in [0.15, 0.2) is 0 Å². The van der Waals surface area contributed by atoms with E-state index in [9.17, 15) is 0 Å². The zero-order chi connectivity index (χ0) is 12.8. The Labute approximate surface area is 109 Å². The van der Waals surface area contributed by atoms with Gasteiger partial charge in [0.1, 0.15) is 5.75 Å². The topological polar surface area (TPSA) is 21.3 Å². The van der Waals surface area contributed by atoms with Gasteiger partial charge in [-0.3, -0.25) is 0 Å². The van der Waals surface area contributed by atoms with E-state index in [2.05, 4.69) is 26.1 Å². The maximum absolute atomic E-state index is 6.03. The Balaban J connectivity index is 2.76. The van der Waals surface area contributed by atoms with Gasteiger partial charge in [0.2, 0.25) is 0 Å². The molecule has 17 heavy (non-hydrogen) atoms. The molecule has 96 valence electrons. The van der Waals surface area contributed by atoms with Crippen LogP contribution >= 0.6 is 11.6 Å². The Morgan fingerprint density at radius 3 is 2.65 bits per heavy atom. The fourth-order valence-electron chi connectivity index (χ4n) is 1.95. The van der Waals surface area contributed by atoms with Crippen molar-refractivity contribution in [3.63, 3.8) is 0 Å². The van der Waals surface area contributed by atoms with E-state index < -0.39 is 0 Å². The van der Waals surface area contributed by atoms with Crippen LogP contribution in [0.15, 0.2) is 18.2 Å². The molecule has 0 aliphatic carbocycles. The number of hydrogen-bond donors (Lipinski definition) is 1. The smallest absolute Gasteiger partial charge is 0.122 e. The summed E-state index contributed by atoms with van der Waals surface area (Å²) in [7, 11) is 1.70. The summed E-state index contributed by atoms with van der Waals surface area (Å²) in [6, 6.07) is 6.28. The summed E-state index contributed by atoms with van der Waals surface area (Å²) in [5.41, 5.74) is 1.18. The molecule has 0 aromatic heterocycles. The van der Waals surface area contributed by atoms with Crippen LogP contribution in [0.25, 0.3) is 0 Å². The molecule has 1 aromatic carbocycles. The number of halogens is 1. The van der Waals surface area contributed by atoms with Crippen LogP contribution in [0.3, 0.4) is 0 Å². The van der Waals surface area contributed by atoms with Crippen LogP contribution in [-0.4, -0.2) is 19.7 Å². The molecule has 2 nitrogen and oxygen atoms in total. The molecule has 3 heteroatoms. The van der Waals surface area contributed by atoms with Gasteiger partial charge < -0.3 is 10.1 Å². The highest BCUT2D eigenvalue weighted by Crippen LogP contribution is 2.25. The van der Waals surface area contributed by atoms with Crippen molar-refractivity contribution in [2.45, 2.75) is 33.2 Å². The minimum absolute atomic E-state index is 0.490. The minimum atomic E-state index is 0.490. The van der Waals surface area contributed by atoms with Crippen molar-refractivity contribution >= 4 is 11.6 Å². The monoisotopic (exact) mass is 255 g/mol. The van der Waals surface area contributed by atoms with Crippen molar-refractivity contribution < 1.29 is 4.74 Å². The summed E-state index contributed by atoms with van der Waals surface area (Å²) in [5.74, 6) is 1.47. The van der Waals surface area contributed by atoms with Gasteiger partial charge in [0.25, 0.3) is 0 Å². The van der Waals surface area contributed by atoms with Crippen molar-refractivity contribution in [3.05, 3.63) is 28.8 Å². The average molecular weight is 256 g/mol. The number of nitrogens with one attached hydrogen (secondary N) is 1. The third kappa shape index (κ3) is 4.21. The summed E-state index contributed by atoms with van der Waals surface area (Å²) < 4.78 is 5.36. The molecule has 0 aliphatic heterocycles. The molecule has 0 radical (unpaired) electrons. The quantitative estimate of drug-likeness (QED) is 0.840. The first-order valence-electron chi connectivity index (χ1n) is 6.14. The Kier molecular flexibility index (Phi) is 5.79. The van der Waals surface area contributed by atoms with Crippen molar-refractivity contribution in [1.29, 1.82) is 0 Å². The SMILES string of the molecule is CCNC(C)C(C)Cc1cc(Cl)ccc1OC. The molecular weight excluding hydrogens is 234 g/mol. The summed E-state index contributed by atoms with van der Waals surface area (Å²) in [6.45, 7) is 7.58. The van der Waals surface area contributed by atoms with Gasteiger partial charge in [-0.1, -0.05) is 25.4 Å². The van der Waals surface area contributed by atoms with Crippen LogP contribution in [-0.2, 0) is 6.42 Å². The van der Waals surface area contributed by atoms with Crippen LogP contribution in [0.5, 0.6) is 5.75 Å². The van der Waals surface area contributed by atoms with Gasteiger partial charge in [0.05, 0.1) is 7.11 Å². The van der Waals surface area contributed by atoms with Gasteiger partial charge in [-0.15, -0.1) is 0 Å². The highest BCUT2D eigenvalue weighted by atomic mass is 35.5. The highest BCUT2D eigenvalue weighted by molar-refractivity contribution is 6.30. The lowest BCUT2D eigenvalue weighted by Crippen LogP contribution is -2.32. The molecule has 1 aromatic rings. The second kappa shape index (κ2) is 6.87. The number of hydrogen-bond acceptors (Lipinski definition) is 2. The van der Waals surface area contributed by atoms with Crippen LogP contribution in [0.2, 0.25) is 5.02 Å². The second-order valence-electron chi connectivity index (χ2n) is 4.48. The van der Waals surface area contributed by atoms with E-state index in [4.69, 9.17) is 16.3 Å².